The van der Waals surface area contributed by atoms with Gasteiger partial charge in [-0.15, -0.1) is 0 Å². The van der Waals surface area contributed by atoms with E-state index in [0.29, 0.717) is 5.69 Å². The van der Waals surface area contributed by atoms with Crippen LogP contribution in [0.15, 0.2) is 91.0 Å². The Morgan fingerprint density at radius 2 is 1.25 bits per heavy atom. The molecule has 2 bridgehead atoms. The molecule has 2 amide bonds. The normalized spacial score (nSPS) is 27.4. The molecule has 0 spiro atoms. The Balaban J connectivity index is 1.50. The van der Waals surface area contributed by atoms with E-state index in [4.69, 9.17) is 0 Å². The van der Waals surface area contributed by atoms with Crippen LogP contribution in [0, 0.1) is 11.3 Å². The summed E-state index contributed by atoms with van der Waals surface area (Å²) in [5, 5.41) is 1.96. The minimum Gasteiger partial charge on any atom is -0.274 e. The quantitative estimate of drug-likeness (QED) is 0.378. The fourth-order valence-corrected chi connectivity index (χ4v) is 6.75. The number of fused-ring (bicyclic) bond motifs is 1. The Bertz CT molecular complexity index is 1420. The number of benzene rings is 4. The molecule has 3 aliphatic carbocycles. The van der Waals surface area contributed by atoms with Gasteiger partial charge in [-0.3, -0.25) is 9.59 Å². The molecule has 0 N–H and O–H groups in total. The summed E-state index contributed by atoms with van der Waals surface area (Å²) >= 11 is 0. The summed E-state index contributed by atoms with van der Waals surface area (Å²) in [6.45, 7) is 2.02. The first-order chi connectivity index (χ1) is 15.6. The number of imide groups is 1. The maximum atomic E-state index is 14.2. The molecule has 4 aliphatic rings. The highest BCUT2D eigenvalue weighted by molar-refractivity contribution is 6.27. The van der Waals surface area contributed by atoms with Crippen LogP contribution in [0.2, 0.25) is 0 Å². The summed E-state index contributed by atoms with van der Waals surface area (Å²) in [7, 11) is 0. The Hall–Kier alpha value is -3.72. The third kappa shape index (κ3) is 1.93. The van der Waals surface area contributed by atoms with E-state index >= 15 is 0 Å². The molecule has 154 valence electrons. The van der Waals surface area contributed by atoms with Crippen molar-refractivity contribution in [2.45, 2.75) is 18.8 Å². The van der Waals surface area contributed by atoms with Crippen LogP contribution >= 0.6 is 0 Å². The molecule has 8 rings (SSSR count). The van der Waals surface area contributed by atoms with E-state index in [-0.39, 0.29) is 23.7 Å². The van der Waals surface area contributed by atoms with Gasteiger partial charge in [0, 0.05) is 17.2 Å². The lowest BCUT2D eigenvalue weighted by Crippen LogP contribution is -2.49. The minimum atomic E-state index is -0.804. The van der Waals surface area contributed by atoms with Crippen LogP contribution < -0.4 is 4.90 Å². The smallest absolute Gasteiger partial charge is 0.241 e. The molecule has 3 nitrogen and oxygen atoms in total. The number of rotatable bonds is 1. The van der Waals surface area contributed by atoms with Gasteiger partial charge < -0.3 is 0 Å². The second-order valence-corrected chi connectivity index (χ2v) is 9.41. The van der Waals surface area contributed by atoms with E-state index in [2.05, 4.69) is 24.3 Å². The van der Waals surface area contributed by atoms with Crippen LogP contribution in [-0.4, -0.2) is 11.8 Å². The predicted octanol–water partition coefficient (Wildman–Crippen LogP) is 5.63. The molecule has 0 unspecified atom stereocenters. The minimum absolute atomic E-state index is 0.0761. The van der Waals surface area contributed by atoms with Crippen LogP contribution in [0.1, 0.15) is 41.0 Å². The van der Waals surface area contributed by atoms with Crippen molar-refractivity contribution >= 4 is 28.3 Å². The fourth-order valence-electron chi connectivity index (χ4n) is 6.75. The number of anilines is 1. The summed E-state index contributed by atoms with van der Waals surface area (Å²) < 4.78 is 0. The van der Waals surface area contributed by atoms with Gasteiger partial charge in [0.1, 0.15) is 0 Å². The van der Waals surface area contributed by atoms with Crippen molar-refractivity contribution in [3.63, 3.8) is 0 Å². The first kappa shape index (κ1) is 17.9. The first-order valence-corrected chi connectivity index (χ1v) is 11.2. The van der Waals surface area contributed by atoms with Crippen LogP contribution in [0.5, 0.6) is 0 Å². The van der Waals surface area contributed by atoms with E-state index in [9.17, 15) is 9.59 Å². The first-order valence-electron chi connectivity index (χ1n) is 11.2. The van der Waals surface area contributed by atoms with Crippen molar-refractivity contribution in [2.24, 2.45) is 11.3 Å². The van der Waals surface area contributed by atoms with Gasteiger partial charge in [-0.2, -0.15) is 0 Å². The number of carbonyl (C=O) groups excluding carboxylic acids is 2. The summed E-state index contributed by atoms with van der Waals surface area (Å²) in [6, 6.07) is 30.6. The number of hydrogen-bond donors (Lipinski definition) is 0. The van der Waals surface area contributed by atoms with E-state index in [1.807, 2.05) is 73.7 Å². The lowest BCUT2D eigenvalue weighted by atomic mass is 9.48. The van der Waals surface area contributed by atoms with E-state index < -0.39 is 11.3 Å². The molecule has 4 aromatic carbocycles. The Kier molecular flexibility index (Phi) is 3.33. The summed E-state index contributed by atoms with van der Waals surface area (Å²) in [5.41, 5.74) is 4.66. The summed E-state index contributed by atoms with van der Waals surface area (Å²) in [4.78, 5) is 29.8. The molecular weight excluding hydrogens is 394 g/mol. The standard InChI is InChI=1S/C29H21NO2/c1-29-25-21-14-6-4-12-19(21)24(20-13-5-7-15-22(20)25)26(29)27(31)30(28(29)32)23-16-8-10-17-9-2-3-11-18(17)23/h2-16,24-26H,1H3/t24?,25?,26-,29-/m0/s1. The molecule has 1 heterocycles. The average Bonchev–Trinajstić information content (AvgIpc) is 3.04. The topological polar surface area (TPSA) is 37.4 Å². The van der Waals surface area contributed by atoms with Crippen molar-refractivity contribution in [1.29, 1.82) is 0 Å². The summed E-state index contributed by atoms with van der Waals surface area (Å²) in [5.74, 6) is -0.783. The zero-order valence-electron chi connectivity index (χ0n) is 17.7. The highest BCUT2D eigenvalue weighted by Gasteiger charge is 2.68. The van der Waals surface area contributed by atoms with Gasteiger partial charge in [0.05, 0.1) is 17.0 Å². The van der Waals surface area contributed by atoms with E-state index in [1.165, 1.54) is 27.2 Å². The van der Waals surface area contributed by atoms with Crippen LogP contribution in [0.3, 0.4) is 0 Å². The molecule has 4 aromatic rings. The maximum absolute atomic E-state index is 14.2. The molecule has 0 saturated carbocycles. The predicted molar refractivity (Wildman–Crippen MR) is 125 cm³/mol. The second kappa shape index (κ2) is 5.95. The van der Waals surface area contributed by atoms with Crippen molar-refractivity contribution in [3.8, 4) is 0 Å². The van der Waals surface area contributed by atoms with Gasteiger partial charge in [0.25, 0.3) is 0 Å². The second-order valence-electron chi connectivity index (χ2n) is 9.41. The number of carbonyl (C=O) groups is 2. The maximum Gasteiger partial charge on any atom is 0.241 e. The van der Waals surface area contributed by atoms with Gasteiger partial charge in [-0.05, 0) is 40.6 Å². The fraction of sp³-hybridized carbons (Fsp3) is 0.172. The molecule has 0 aromatic heterocycles. The number of nitrogens with zero attached hydrogens (tertiary/aromatic N) is 1. The molecule has 2 atom stereocenters. The van der Waals surface area contributed by atoms with Crippen molar-refractivity contribution in [3.05, 3.63) is 113 Å². The van der Waals surface area contributed by atoms with E-state index in [0.717, 1.165) is 10.8 Å². The molecule has 32 heavy (non-hydrogen) atoms. The third-order valence-electron chi connectivity index (χ3n) is 8.02. The zero-order chi connectivity index (χ0) is 21.6. The Labute approximate surface area is 186 Å². The molecular formula is C29H21NO2. The van der Waals surface area contributed by atoms with Crippen LogP contribution in [-0.2, 0) is 9.59 Å². The Morgan fingerprint density at radius 3 is 1.94 bits per heavy atom. The highest BCUT2D eigenvalue weighted by Crippen LogP contribution is 2.67. The van der Waals surface area contributed by atoms with Crippen molar-refractivity contribution in [1.82, 2.24) is 0 Å². The third-order valence-corrected chi connectivity index (χ3v) is 8.02. The molecule has 3 heteroatoms. The number of amides is 2. The van der Waals surface area contributed by atoms with Gasteiger partial charge in [-0.25, -0.2) is 4.90 Å². The molecule has 1 fully saturated rings. The lowest BCUT2D eigenvalue weighted by Gasteiger charge is -2.51. The number of hydrogen-bond acceptors (Lipinski definition) is 2. The van der Waals surface area contributed by atoms with Crippen LogP contribution in [0.25, 0.3) is 10.8 Å². The monoisotopic (exact) mass is 415 g/mol. The Morgan fingerprint density at radius 1 is 0.688 bits per heavy atom. The largest absolute Gasteiger partial charge is 0.274 e. The molecule has 1 saturated heterocycles. The molecule has 1 aliphatic heterocycles. The van der Waals surface area contributed by atoms with Gasteiger partial charge >= 0.3 is 0 Å². The average molecular weight is 415 g/mol. The van der Waals surface area contributed by atoms with Crippen LogP contribution in [0.4, 0.5) is 5.69 Å². The van der Waals surface area contributed by atoms with Gasteiger partial charge in [0.15, 0.2) is 0 Å². The van der Waals surface area contributed by atoms with Crippen molar-refractivity contribution < 1.29 is 9.59 Å². The van der Waals surface area contributed by atoms with Crippen molar-refractivity contribution in [2.75, 3.05) is 4.90 Å². The zero-order valence-corrected chi connectivity index (χ0v) is 17.7. The molecule has 0 radical (unpaired) electrons. The highest BCUT2D eigenvalue weighted by atomic mass is 16.2. The van der Waals surface area contributed by atoms with E-state index in [1.54, 1.807) is 0 Å². The SMILES string of the molecule is C[C@@]12C(=O)N(c3cccc4ccccc34)C(=O)[C@@H]1C1c3ccccc3C2c2ccccc21. The lowest BCUT2D eigenvalue weighted by molar-refractivity contribution is -0.128. The van der Waals surface area contributed by atoms with Gasteiger partial charge in [0.2, 0.25) is 11.8 Å². The van der Waals surface area contributed by atoms with Gasteiger partial charge in [-0.1, -0.05) is 84.9 Å². The summed E-state index contributed by atoms with van der Waals surface area (Å²) in [6.07, 6.45) is 0.